The van der Waals surface area contributed by atoms with Crippen molar-refractivity contribution in [3.05, 3.63) is 82.4 Å². The highest BCUT2D eigenvalue weighted by molar-refractivity contribution is 6.34. The van der Waals surface area contributed by atoms with Crippen LogP contribution in [0.2, 0.25) is 5.02 Å². The summed E-state index contributed by atoms with van der Waals surface area (Å²) in [4.78, 5) is 25.5. The summed E-state index contributed by atoms with van der Waals surface area (Å²) in [5, 5.41) is 5.92. The third-order valence-electron chi connectivity index (χ3n) is 4.95. The Hall–Kier alpha value is -3.71. The Bertz CT molecular complexity index is 1110. The molecule has 8 heteroatoms. The zero-order chi connectivity index (χ0) is 23.8. The largest absolute Gasteiger partial charge is 0.493 e. The number of ether oxygens (including phenoxy) is 3. The first-order valence-corrected chi connectivity index (χ1v) is 10.6. The van der Waals surface area contributed by atoms with Crippen LogP contribution >= 0.6 is 11.6 Å². The van der Waals surface area contributed by atoms with Gasteiger partial charge in [0.1, 0.15) is 0 Å². The lowest BCUT2D eigenvalue weighted by Gasteiger charge is -2.15. The summed E-state index contributed by atoms with van der Waals surface area (Å²) in [5.41, 5.74) is 2.10. The van der Waals surface area contributed by atoms with E-state index in [0.29, 0.717) is 46.5 Å². The molecule has 0 fully saturated rings. The number of halogens is 1. The zero-order valence-corrected chi connectivity index (χ0v) is 19.4. The third-order valence-corrected chi connectivity index (χ3v) is 5.28. The van der Waals surface area contributed by atoms with Crippen molar-refractivity contribution in [3.8, 4) is 17.2 Å². The maximum absolute atomic E-state index is 12.9. The first-order valence-electron chi connectivity index (χ1n) is 10.2. The minimum absolute atomic E-state index is 0.258. The highest BCUT2D eigenvalue weighted by atomic mass is 35.5. The number of anilines is 1. The molecule has 0 aromatic heterocycles. The van der Waals surface area contributed by atoms with E-state index in [0.717, 1.165) is 5.56 Å². The molecule has 0 aliphatic carbocycles. The second kappa shape index (κ2) is 11.2. The third kappa shape index (κ3) is 5.96. The van der Waals surface area contributed by atoms with Crippen LogP contribution in [0.3, 0.4) is 0 Å². The van der Waals surface area contributed by atoms with Crippen LogP contribution in [0.4, 0.5) is 5.69 Å². The van der Waals surface area contributed by atoms with E-state index in [9.17, 15) is 9.59 Å². The number of carbonyl (C=O) groups is 2. The molecular formula is C25H25ClN2O5. The van der Waals surface area contributed by atoms with Crippen molar-refractivity contribution >= 4 is 29.1 Å². The number of hydrogen-bond donors (Lipinski definition) is 2. The Kier molecular flexibility index (Phi) is 8.16. The van der Waals surface area contributed by atoms with Crippen molar-refractivity contribution in [3.63, 3.8) is 0 Å². The van der Waals surface area contributed by atoms with E-state index in [-0.39, 0.29) is 11.5 Å². The maximum atomic E-state index is 12.9. The molecule has 0 radical (unpaired) electrons. The SMILES string of the molecule is COc1cc(C(=O)Nc2cc(C(=O)NCCc3ccccc3)ccc2Cl)cc(OC)c1OC. The molecule has 0 bridgehead atoms. The molecule has 0 saturated heterocycles. The number of methoxy groups -OCH3 is 3. The minimum Gasteiger partial charge on any atom is -0.493 e. The van der Waals surface area contributed by atoms with E-state index in [1.807, 2.05) is 30.3 Å². The molecule has 0 spiro atoms. The summed E-state index contributed by atoms with van der Waals surface area (Å²) in [5.74, 6) is 0.367. The van der Waals surface area contributed by atoms with Crippen LogP contribution in [0.15, 0.2) is 60.7 Å². The van der Waals surface area contributed by atoms with Crippen LogP contribution < -0.4 is 24.8 Å². The highest BCUT2D eigenvalue weighted by Crippen LogP contribution is 2.38. The Balaban J connectivity index is 1.73. The molecular weight excluding hydrogens is 444 g/mol. The van der Waals surface area contributed by atoms with Crippen molar-refractivity contribution in [2.45, 2.75) is 6.42 Å². The standard InChI is InChI=1S/C25H25ClN2O5/c1-31-21-14-18(15-22(32-2)23(21)33-3)25(30)28-20-13-17(9-10-19(20)26)24(29)27-12-11-16-7-5-4-6-8-16/h4-10,13-15H,11-12H2,1-3H3,(H,27,29)(H,28,30). The molecule has 33 heavy (non-hydrogen) atoms. The minimum atomic E-state index is -0.446. The summed E-state index contributed by atoms with van der Waals surface area (Å²) in [7, 11) is 4.42. The van der Waals surface area contributed by atoms with Crippen LogP contribution in [0, 0.1) is 0 Å². The van der Waals surface area contributed by atoms with Gasteiger partial charge in [-0.3, -0.25) is 9.59 Å². The smallest absolute Gasteiger partial charge is 0.255 e. The molecule has 0 heterocycles. The molecule has 3 rings (SSSR count). The van der Waals surface area contributed by atoms with E-state index in [1.165, 1.54) is 39.5 Å². The second-order valence-electron chi connectivity index (χ2n) is 7.05. The summed E-state index contributed by atoms with van der Waals surface area (Å²) < 4.78 is 15.9. The highest BCUT2D eigenvalue weighted by Gasteiger charge is 2.18. The number of nitrogens with one attached hydrogen (secondary N) is 2. The Morgan fingerprint density at radius 1 is 0.818 bits per heavy atom. The van der Waals surface area contributed by atoms with Gasteiger partial charge < -0.3 is 24.8 Å². The van der Waals surface area contributed by atoms with Gasteiger partial charge in [-0.25, -0.2) is 0 Å². The number of amides is 2. The molecule has 2 amide bonds. The van der Waals surface area contributed by atoms with E-state index in [4.69, 9.17) is 25.8 Å². The number of carbonyl (C=O) groups excluding carboxylic acids is 2. The first kappa shape index (κ1) is 23.9. The van der Waals surface area contributed by atoms with E-state index in [2.05, 4.69) is 10.6 Å². The van der Waals surface area contributed by atoms with Gasteiger partial charge in [-0.05, 0) is 42.3 Å². The summed E-state index contributed by atoms with van der Waals surface area (Å²) in [6, 6.07) is 17.7. The molecule has 0 unspecified atom stereocenters. The molecule has 0 saturated carbocycles. The normalized spacial score (nSPS) is 10.3. The Morgan fingerprint density at radius 3 is 2.09 bits per heavy atom. The van der Waals surface area contributed by atoms with Crippen molar-refractivity contribution in [1.29, 1.82) is 0 Å². The van der Waals surface area contributed by atoms with Crippen LogP contribution in [-0.2, 0) is 6.42 Å². The van der Waals surface area contributed by atoms with Crippen LogP contribution in [0.5, 0.6) is 17.2 Å². The van der Waals surface area contributed by atoms with Gasteiger partial charge in [0.15, 0.2) is 11.5 Å². The Labute approximate surface area is 197 Å². The topological polar surface area (TPSA) is 85.9 Å². The van der Waals surface area contributed by atoms with E-state index >= 15 is 0 Å². The average molecular weight is 469 g/mol. The van der Waals surface area contributed by atoms with E-state index in [1.54, 1.807) is 12.1 Å². The monoisotopic (exact) mass is 468 g/mol. The van der Waals surface area contributed by atoms with Gasteiger partial charge in [0.25, 0.3) is 11.8 Å². The summed E-state index contributed by atoms with van der Waals surface area (Å²) in [6.45, 7) is 0.485. The molecule has 0 aliphatic rings. The number of hydrogen-bond acceptors (Lipinski definition) is 5. The lowest BCUT2D eigenvalue weighted by Crippen LogP contribution is -2.25. The van der Waals surface area contributed by atoms with Crippen LogP contribution in [0.25, 0.3) is 0 Å². The maximum Gasteiger partial charge on any atom is 0.255 e. The number of benzene rings is 3. The summed E-state index contributed by atoms with van der Waals surface area (Å²) in [6.07, 6.45) is 0.713. The molecule has 2 N–H and O–H groups in total. The van der Waals surface area contributed by atoms with Gasteiger partial charge >= 0.3 is 0 Å². The predicted molar refractivity (Wildman–Crippen MR) is 128 cm³/mol. The zero-order valence-electron chi connectivity index (χ0n) is 18.6. The molecule has 3 aromatic carbocycles. The van der Waals surface area contributed by atoms with Crippen LogP contribution in [-0.4, -0.2) is 39.7 Å². The van der Waals surface area contributed by atoms with E-state index < -0.39 is 5.91 Å². The Morgan fingerprint density at radius 2 is 1.48 bits per heavy atom. The van der Waals surface area contributed by atoms with Gasteiger partial charge in [0, 0.05) is 17.7 Å². The van der Waals surface area contributed by atoms with Gasteiger partial charge in [-0.2, -0.15) is 0 Å². The van der Waals surface area contributed by atoms with Crippen molar-refractivity contribution in [1.82, 2.24) is 5.32 Å². The predicted octanol–water partition coefficient (Wildman–Crippen LogP) is 4.59. The second-order valence-corrected chi connectivity index (χ2v) is 7.46. The van der Waals surface area contributed by atoms with Gasteiger partial charge in [-0.1, -0.05) is 41.9 Å². The van der Waals surface area contributed by atoms with Gasteiger partial charge in [0.2, 0.25) is 5.75 Å². The molecule has 0 atom stereocenters. The molecule has 3 aromatic rings. The molecule has 0 aliphatic heterocycles. The number of rotatable bonds is 9. The average Bonchev–Trinajstić information content (AvgIpc) is 2.84. The summed E-state index contributed by atoms with van der Waals surface area (Å²) >= 11 is 6.27. The lowest BCUT2D eigenvalue weighted by molar-refractivity contribution is 0.0952. The van der Waals surface area contributed by atoms with Gasteiger partial charge in [-0.15, -0.1) is 0 Å². The molecule has 172 valence electrons. The quantitative estimate of drug-likeness (QED) is 0.479. The van der Waals surface area contributed by atoms with Crippen molar-refractivity contribution in [2.24, 2.45) is 0 Å². The molecule has 7 nitrogen and oxygen atoms in total. The van der Waals surface area contributed by atoms with Crippen molar-refractivity contribution < 1.29 is 23.8 Å². The van der Waals surface area contributed by atoms with Crippen LogP contribution in [0.1, 0.15) is 26.3 Å². The fourth-order valence-electron chi connectivity index (χ4n) is 3.24. The fourth-order valence-corrected chi connectivity index (χ4v) is 3.40. The van der Waals surface area contributed by atoms with Crippen molar-refractivity contribution in [2.75, 3.05) is 33.2 Å². The van der Waals surface area contributed by atoms with Gasteiger partial charge in [0.05, 0.1) is 32.0 Å². The first-order chi connectivity index (χ1) is 16.0. The fraction of sp³-hybridized carbons (Fsp3) is 0.200. The lowest BCUT2D eigenvalue weighted by atomic mass is 10.1.